The Morgan fingerprint density at radius 1 is 1.03 bits per heavy atom. The Balaban J connectivity index is 1.48. The van der Waals surface area contributed by atoms with E-state index in [1.54, 1.807) is 11.3 Å². The van der Waals surface area contributed by atoms with Gasteiger partial charge in [0.15, 0.2) is 0 Å². The van der Waals surface area contributed by atoms with Gasteiger partial charge in [-0.3, -0.25) is 9.69 Å². The first-order valence-electron chi connectivity index (χ1n) is 10.2. The summed E-state index contributed by atoms with van der Waals surface area (Å²) >= 11 is 1.79. The van der Waals surface area contributed by atoms with Gasteiger partial charge in [-0.05, 0) is 35.9 Å². The lowest BCUT2D eigenvalue weighted by molar-refractivity contribution is -0.136. The number of anilines is 1. The number of benzene rings is 1. The van der Waals surface area contributed by atoms with Crippen molar-refractivity contribution < 1.29 is 9.59 Å². The van der Waals surface area contributed by atoms with Crippen molar-refractivity contribution in [3.8, 4) is 0 Å². The van der Waals surface area contributed by atoms with Gasteiger partial charge in [-0.25, -0.2) is 4.79 Å². The molecule has 7 heteroatoms. The highest BCUT2D eigenvalue weighted by molar-refractivity contribution is 7.09. The van der Waals surface area contributed by atoms with Crippen molar-refractivity contribution in [3.63, 3.8) is 0 Å². The lowest BCUT2D eigenvalue weighted by Crippen LogP contribution is -2.57. The number of urea groups is 1. The zero-order valence-electron chi connectivity index (χ0n) is 17.1. The fourth-order valence-corrected chi connectivity index (χ4v) is 4.15. The van der Waals surface area contributed by atoms with Gasteiger partial charge in [-0.1, -0.05) is 38.1 Å². The molecule has 2 N–H and O–H groups in total. The Morgan fingerprint density at radius 2 is 1.76 bits per heavy atom. The van der Waals surface area contributed by atoms with Gasteiger partial charge in [-0.15, -0.1) is 11.3 Å². The number of hydrogen-bond acceptors (Lipinski definition) is 4. The maximum atomic E-state index is 13.0. The van der Waals surface area contributed by atoms with E-state index in [0.717, 1.165) is 26.1 Å². The minimum Gasteiger partial charge on any atom is -0.338 e. The zero-order chi connectivity index (χ0) is 20.6. The Kier molecular flexibility index (Phi) is 7.66. The Labute approximate surface area is 176 Å². The van der Waals surface area contributed by atoms with Gasteiger partial charge < -0.3 is 15.5 Å². The number of carbonyl (C=O) groups excluding carboxylic acids is 2. The minimum atomic E-state index is -0.531. The van der Waals surface area contributed by atoms with E-state index in [4.69, 9.17) is 0 Å². The van der Waals surface area contributed by atoms with Gasteiger partial charge in [-0.2, -0.15) is 0 Å². The maximum absolute atomic E-state index is 13.0. The fraction of sp³-hybridized carbons (Fsp3) is 0.455. The molecule has 0 bridgehead atoms. The van der Waals surface area contributed by atoms with Crippen molar-refractivity contribution in [3.05, 3.63) is 52.7 Å². The standard InChI is InChI=1S/C22H30N4O2S/c1-17(2)20(24-22(28)23-18-7-4-3-5-8-18)21(27)26-14-12-25(13-15-26)11-10-19-9-6-16-29-19/h3-9,16-17,20H,10-15H2,1-2H3,(H2,23,24,28). The van der Waals surface area contributed by atoms with Gasteiger partial charge in [0, 0.05) is 43.3 Å². The SMILES string of the molecule is CC(C)C(NC(=O)Nc1ccccc1)C(=O)N1CCN(CCc2cccs2)CC1. The molecule has 0 radical (unpaired) electrons. The van der Waals surface area contributed by atoms with E-state index in [1.165, 1.54) is 4.88 Å². The summed E-state index contributed by atoms with van der Waals surface area (Å²) in [5.74, 6) is 0.0157. The predicted octanol–water partition coefficient (Wildman–Crippen LogP) is 3.28. The van der Waals surface area contributed by atoms with Crippen molar-refractivity contribution in [2.75, 3.05) is 38.0 Å². The van der Waals surface area contributed by atoms with Gasteiger partial charge in [0.05, 0.1) is 0 Å². The summed E-state index contributed by atoms with van der Waals surface area (Å²) < 4.78 is 0. The number of para-hydroxylation sites is 1. The quantitative estimate of drug-likeness (QED) is 0.731. The van der Waals surface area contributed by atoms with Crippen LogP contribution < -0.4 is 10.6 Å². The fourth-order valence-electron chi connectivity index (χ4n) is 3.46. The molecule has 0 aliphatic carbocycles. The minimum absolute atomic E-state index is 0.00104. The first-order chi connectivity index (χ1) is 14.0. The molecule has 156 valence electrons. The lowest BCUT2D eigenvalue weighted by Gasteiger charge is -2.37. The molecule has 1 unspecified atom stereocenters. The highest BCUT2D eigenvalue weighted by Crippen LogP contribution is 2.13. The Morgan fingerprint density at radius 3 is 2.38 bits per heavy atom. The van der Waals surface area contributed by atoms with Crippen molar-refractivity contribution in [2.45, 2.75) is 26.3 Å². The lowest BCUT2D eigenvalue weighted by atomic mass is 10.0. The van der Waals surface area contributed by atoms with Crippen molar-refractivity contribution in [1.82, 2.24) is 15.1 Å². The molecule has 2 heterocycles. The third kappa shape index (κ3) is 6.30. The number of piperazine rings is 1. The zero-order valence-corrected chi connectivity index (χ0v) is 18.0. The van der Waals surface area contributed by atoms with Crippen LogP contribution in [-0.2, 0) is 11.2 Å². The summed E-state index contributed by atoms with van der Waals surface area (Å²) in [4.78, 5) is 31.1. The van der Waals surface area contributed by atoms with E-state index in [-0.39, 0.29) is 17.9 Å². The summed E-state index contributed by atoms with van der Waals surface area (Å²) in [5.41, 5.74) is 0.708. The number of rotatable bonds is 7. The van der Waals surface area contributed by atoms with Gasteiger partial charge in [0.25, 0.3) is 0 Å². The van der Waals surface area contributed by atoms with Gasteiger partial charge >= 0.3 is 6.03 Å². The van der Waals surface area contributed by atoms with E-state index in [1.807, 2.05) is 49.1 Å². The van der Waals surface area contributed by atoms with Crippen LogP contribution >= 0.6 is 11.3 Å². The molecule has 1 aromatic carbocycles. The molecule has 2 aromatic rings. The number of hydrogen-bond donors (Lipinski definition) is 2. The van der Waals surface area contributed by atoms with Crippen molar-refractivity contribution >= 4 is 29.0 Å². The molecule has 0 saturated carbocycles. The van der Waals surface area contributed by atoms with Crippen LogP contribution in [0, 0.1) is 5.92 Å². The molecule has 1 aliphatic heterocycles. The second kappa shape index (κ2) is 10.4. The van der Waals surface area contributed by atoms with Crippen LogP contribution in [0.1, 0.15) is 18.7 Å². The van der Waals surface area contributed by atoms with E-state index in [0.29, 0.717) is 18.8 Å². The number of nitrogens with zero attached hydrogens (tertiary/aromatic N) is 2. The largest absolute Gasteiger partial charge is 0.338 e. The normalized spacial score (nSPS) is 15.9. The molecule has 1 saturated heterocycles. The first-order valence-corrected chi connectivity index (χ1v) is 11.1. The van der Waals surface area contributed by atoms with Crippen LogP contribution in [0.5, 0.6) is 0 Å². The summed E-state index contributed by atoms with van der Waals surface area (Å²) in [6.45, 7) is 8.10. The smallest absolute Gasteiger partial charge is 0.319 e. The number of nitrogens with one attached hydrogen (secondary N) is 2. The van der Waals surface area contributed by atoms with E-state index < -0.39 is 6.04 Å². The van der Waals surface area contributed by atoms with E-state index in [2.05, 4.69) is 33.0 Å². The summed E-state index contributed by atoms with van der Waals surface area (Å²) in [6, 6.07) is 12.6. The topological polar surface area (TPSA) is 64.7 Å². The highest BCUT2D eigenvalue weighted by atomic mass is 32.1. The van der Waals surface area contributed by atoms with Crippen LogP contribution in [0.3, 0.4) is 0 Å². The predicted molar refractivity (Wildman–Crippen MR) is 118 cm³/mol. The van der Waals surface area contributed by atoms with Gasteiger partial charge in [0.2, 0.25) is 5.91 Å². The summed E-state index contributed by atoms with van der Waals surface area (Å²) in [5, 5.41) is 7.77. The third-order valence-electron chi connectivity index (χ3n) is 5.19. The van der Waals surface area contributed by atoms with Crippen molar-refractivity contribution in [1.29, 1.82) is 0 Å². The summed E-state index contributed by atoms with van der Waals surface area (Å²) in [7, 11) is 0. The van der Waals surface area contributed by atoms with Crippen molar-refractivity contribution in [2.24, 2.45) is 5.92 Å². The Hall–Kier alpha value is -2.38. The molecule has 3 amide bonds. The summed E-state index contributed by atoms with van der Waals surface area (Å²) in [6.07, 6.45) is 1.06. The number of carbonyl (C=O) groups is 2. The number of amides is 3. The molecule has 0 spiro atoms. The van der Waals surface area contributed by atoms with E-state index in [9.17, 15) is 9.59 Å². The van der Waals surface area contributed by atoms with Crippen LogP contribution in [0.25, 0.3) is 0 Å². The Bertz CT molecular complexity index is 771. The molecule has 1 fully saturated rings. The van der Waals surface area contributed by atoms with Crippen LogP contribution in [0.4, 0.5) is 10.5 Å². The monoisotopic (exact) mass is 414 g/mol. The second-order valence-electron chi connectivity index (χ2n) is 7.68. The molecule has 1 aromatic heterocycles. The van der Waals surface area contributed by atoms with E-state index >= 15 is 0 Å². The van der Waals surface area contributed by atoms with Crippen LogP contribution in [0.15, 0.2) is 47.8 Å². The van der Waals surface area contributed by atoms with Crippen LogP contribution in [0.2, 0.25) is 0 Å². The molecule has 3 rings (SSSR count). The third-order valence-corrected chi connectivity index (χ3v) is 6.13. The van der Waals surface area contributed by atoms with Crippen LogP contribution in [-0.4, -0.2) is 60.5 Å². The maximum Gasteiger partial charge on any atom is 0.319 e. The molecule has 29 heavy (non-hydrogen) atoms. The number of thiophene rings is 1. The molecule has 6 nitrogen and oxygen atoms in total. The van der Waals surface area contributed by atoms with Gasteiger partial charge in [0.1, 0.15) is 6.04 Å². The first kappa shape index (κ1) is 21.3. The highest BCUT2D eigenvalue weighted by Gasteiger charge is 2.30. The second-order valence-corrected chi connectivity index (χ2v) is 8.71. The molecular weight excluding hydrogens is 384 g/mol. The molecule has 1 atom stereocenters. The average Bonchev–Trinajstić information content (AvgIpc) is 3.25. The molecule has 1 aliphatic rings. The average molecular weight is 415 g/mol. The molecular formula is C22H30N4O2S.